The van der Waals surface area contributed by atoms with E-state index in [1.807, 2.05) is 6.07 Å². The van der Waals surface area contributed by atoms with Crippen molar-refractivity contribution in [1.82, 2.24) is 4.90 Å². The van der Waals surface area contributed by atoms with Crippen LogP contribution in [0.1, 0.15) is 24.0 Å². The van der Waals surface area contributed by atoms with Gasteiger partial charge in [0, 0.05) is 23.4 Å². The predicted octanol–water partition coefficient (Wildman–Crippen LogP) is 2.04. The van der Waals surface area contributed by atoms with Crippen molar-refractivity contribution in [2.24, 2.45) is 5.92 Å². The zero-order valence-electron chi connectivity index (χ0n) is 13.0. The number of likely N-dealkylation sites (N-methyl/N-ethyl adjacent to an activating group) is 1. The molecule has 116 valence electrons. The Kier molecular flexibility index (Phi) is 2.89. The second-order valence-corrected chi connectivity index (χ2v) is 6.80. The van der Waals surface area contributed by atoms with Crippen molar-refractivity contribution in [3.8, 4) is 11.5 Å². The Morgan fingerprint density at radius 1 is 1.36 bits per heavy atom. The highest BCUT2D eigenvalue weighted by molar-refractivity contribution is 5.92. The lowest BCUT2D eigenvalue weighted by atomic mass is 9.54. The number of methoxy groups -OCH3 is 1. The Labute approximate surface area is 130 Å². The molecule has 4 heteroatoms. The minimum atomic E-state index is -0.225. The Morgan fingerprint density at radius 2 is 2.18 bits per heavy atom. The molecule has 2 bridgehead atoms. The van der Waals surface area contributed by atoms with E-state index in [-0.39, 0.29) is 22.9 Å². The third kappa shape index (κ3) is 1.64. The van der Waals surface area contributed by atoms with Crippen LogP contribution in [0.4, 0.5) is 0 Å². The third-order valence-corrected chi connectivity index (χ3v) is 5.90. The van der Waals surface area contributed by atoms with Crippen molar-refractivity contribution in [2.75, 3.05) is 20.7 Å². The van der Waals surface area contributed by atoms with E-state index >= 15 is 0 Å². The summed E-state index contributed by atoms with van der Waals surface area (Å²) >= 11 is 0. The van der Waals surface area contributed by atoms with Crippen LogP contribution >= 0.6 is 0 Å². The third-order valence-electron chi connectivity index (χ3n) is 5.90. The number of likely N-dealkylation sites (tertiary alicyclic amines) is 1. The van der Waals surface area contributed by atoms with E-state index in [2.05, 4.69) is 24.1 Å². The number of fused-ring (bicyclic) bond motifs is 1. The van der Waals surface area contributed by atoms with Crippen LogP contribution in [0.3, 0.4) is 0 Å². The lowest BCUT2D eigenvalue weighted by molar-refractivity contribution is -0.118. The summed E-state index contributed by atoms with van der Waals surface area (Å²) in [5, 5.41) is 10.8. The monoisotopic (exact) mass is 299 g/mol. The molecule has 0 spiro atoms. The molecule has 1 aromatic carbocycles. The molecule has 3 atom stereocenters. The second-order valence-electron chi connectivity index (χ2n) is 6.80. The SMILES string of the molecule is COc1ccc2c(c1O)[C@]13C=CC(=O)C[C@@H]1[C@H](C2)N(C)CC3. The van der Waals surface area contributed by atoms with Crippen molar-refractivity contribution >= 4 is 5.78 Å². The number of piperidine rings is 1. The number of aromatic hydroxyl groups is 1. The average Bonchev–Trinajstić information content (AvgIpc) is 2.51. The van der Waals surface area contributed by atoms with Crippen molar-refractivity contribution in [3.05, 3.63) is 35.4 Å². The maximum absolute atomic E-state index is 12.0. The van der Waals surface area contributed by atoms with E-state index in [1.54, 1.807) is 13.2 Å². The highest BCUT2D eigenvalue weighted by Crippen LogP contribution is 2.56. The number of ether oxygens (including phenoxy) is 1. The van der Waals surface area contributed by atoms with Crippen LogP contribution in [-0.2, 0) is 16.6 Å². The van der Waals surface area contributed by atoms with Gasteiger partial charge in [-0.25, -0.2) is 0 Å². The first-order valence-electron chi connectivity index (χ1n) is 7.88. The summed E-state index contributed by atoms with van der Waals surface area (Å²) in [7, 11) is 3.73. The molecule has 1 saturated heterocycles. The molecule has 22 heavy (non-hydrogen) atoms. The van der Waals surface area contributed by atoms with Crippen LogP contribution in [0.25, 0.3) is 0 Å². The van der Waals surface area contributed by atoms with E-state index in [9.17, 15) is 9.90 Å². The molecule has 1 fully saturated rings. The molecule has 1 aliphatic heterocycles. The van der Waals surface area contributed by atoms with Gasteiger partial charge in [-0.2, -0.15) is 0 Å². The topological polar surface area (TPSA) is 49.8 Å². The largest absolute Gasteiger partial charge is 0.504 e. The van der Waals surface area contributed by atoms with Gasteiger partial charge in [0.05, 0.1) is 7.11 Å². The smallest absolute Gasteiger partial charge is 0.162 e. The number of rotatable bonds is 1. The summed E-state index contributed by atoms with van der Waals surface area (Å²) in [5.74, 6) is 1.22. The highest BCUT2D eigenvalue weighted by Gasteiger charge is 2.54. The molecule has 3 aliphatic rings. The first kappa shape index (κ1) is 13.8. The Bertz CT molecular complexity index is 681. The summed E-state index contributed by atoms with van der Waals surface area (Å²) in [5.41, 5.74) is 1.95. The van der Waals surface area contributed by atoms with Gasteiger partial charge >= 0.3 is 0 Å². The first-order valence-corrected chi connectivity index (χ1v) is 7.88. The molecular weight excluding hydrogens is 278 g/mol. The van der Waals surface area contributed by atoms with E-state index in [4.69, 9.17) is 4.74 Å². The maximum atomic E-state index is 12.0. The number of hydrogen-bond acceptors (Lipinski definition) is 4. The van der Waals surface area contributed by atoms with Gasteiger partial charge in [-0.15, -0.1) is 0 Å². The van der Waals surface area contributed by atoms with Gasteiger partial charge in [0.25, 0.3) is 0 Å². The quantitative estimate of drug-likeness (QED) is 0.862. The Morgan fingerprint density at radius 3 is 2.95 bits per heavy atom. The number of carbonyl (C=O) groups is 1. The lowest BCUT2D eigenvalue weighted by Crippen LogP contribution is -2.59. The predicted molar refractivity (Wildman–Crippen MR) is 83.3 cm³/mol. The van der Waals surface area contributed by atoms with Crippen molar-refractivity contribution < 1.29 is 14.6 Å². The lowest BCUT2D eigenvalue weighted by Gasteiger charge is -2.56. The number of hydrogen-bond donors (Lipinski definition) is 1. The number of carbonyl (C=O) groups excluding carboxylic acids is 1. The number of phenolic OH excluding ortho intramolecular Hbond substituents is 1. The van der Waals surface area contributed by atoms with Crippen LogP contribution in [0.5, 0.6) is 11.5 Å². The first-order chi connectivity index (χ1) is 10.6. The Hall–Kier alpha value is -1.81. The molecule has 4 nitrogen and oxygen atoms in total. The summed E-state index contributed by atoms with van der Waals surface area (Å²) in [6.07, 6.45) is 6.16. The molecule has 2 aliphatic carbocycles. The minimum Gasteiger partial charge on any atom is -0.504 e. The minimum absolute atomic E-state index is 0.201. The number of phenols is 1. The van der Waals surface area contributed by atoms with Gasteiger partial charge in [-0.3, -0.25) is 4.79 Å². The van der Waals surface area contributed by atoms with Gasteiger partial charge < -0.3 is 14.7 Å². The summed E-state index contributed by atoms with van der Waals surface area (Å²) in [6.45, 7) is 0.982. The molecule has 0 amide bonds. The van der Waals surface area contributed by atoms with Gasteiger partial charge in [0.2, 0.25) is 0 Å². The molecule has 1 aromatic rings. The fraction of sp³-hybridized carbons (Fsp3) is 0.500. The highest BCUT2D eigenvalue weighted by atomic mass is 16.5. The van der Waals surface area contributed by atoms with Gasteiger partial charge in [0.15, 0.2) is 17.3 Å². The van der Waals surface area contributed by atoms with Crippen LogP contribution in [0, 0.1) is 5.92 Å². The second kappa shape index (κ2) is 4.59. The molecule has 4 rings (SSSR count). The normalized spacial score (nSPS) is 33.3. The molecule has 1 N–H and O–H groups in total. The number of allylic oxidation sites excluding steroid dienone is 2. The van der Waals surface area contributed by atoms with Crippen molar-refractivity contribution in [3.63, 3.8) is 0 Å². The zero-order chi connectivity index (χ0) is 15.5. The summed E-state index contributed by atoms with van der Waals surface area (Å²) < 4.78 is 5.32. The van der Waals surface area contributed by atoms with Crippen LogP contribution in [0.15, 0.2) is 24.3 Å². The number of nitrogens with zero attached hydrogens (tertiary/aromatic N) is 1. The van der Waals surface area contributed by atoms with Crippen LogP contribution in [-0.4, -0.2) is 42.5 Å². The van der Waals surface area contributed by atoms with Crippen molar-refractivity contribution in [2.45, 2.75) is 30.7 Å². The van der Waals surface area contributed by atoms with E-state index in [0.717, 1.165) is 24.9 Å². The fourth-order valence-corrected chi connectivity index (χ4v) is 4.80. The molecule has 0 aromatic heterocycles. The van der Waals surface area contributed by atoms with Crippen LogP contribution in [0.2, 0.25) is 0 Å². The molecule has 0 radical (unpaired) electrons. The van der Waals surface area contributed by atoms with E-state index < -0.39 is 0 Å². The summed E-state index contributed by atoms with van der Waals surface area (Å²) in [6, 6.07) is 4.28. The molecule has 1 heterocycles. The number of benzene rings is 1. The molecule has 0 saturated carbocycles. The van der Waals surface area contributed by atoms with Crippen LogP contribution < -0.4 is 4.74 Å². The maximum Gasteiger partial charge on any atom is 0.162 e. The van der Waals surface area contributed by atoms with Gasteiger partial charge in [-0.05, 0) is 50.1 Å². The van der Waals surface area contributed by atoms with E-state index in [1.165, 1.54) is 5.56 Å². The fourth-order valence-electron chi connectivity index (χ4n) is 4.80. The molecular formula is C18H21NO3. The zero-order valence-corrected chi connectivity index (χ0v) is 13.0. The van der Waals surface area contributed by atoms with Gasteiger partial charge in [0.1, 0.15) is 0 Å². The Balaban J connectivity index is 1.99. The summed E-state index contributed by atoms with van der Waals surface area (Å²) in [4.78, 5) is 14.4. The molecule has 0 unspecified atom stereocenters. The van der Waals surface area contributed by atoms with E-state index in [0.29, 0.717) is 18.2 Å². The van der Waals surface area contributed by atoms with Crippen molar-refractivity contribution in [1.29, 1.82) is 0 Å². The standard InChI is InChI=1S/C18H21NO3/c1-19-8-7-18-6-5-12(20)10-13(18)14(19)9-11-3-4-15(22-2)17(21)16(11)18/h3-6,13-14,21H,7-10H2,1-2H3/t13-,14+,18+/m1/s1. The van der Waals surface area contributed by atoms with Gasteiger partial charge in [-0.1, -0.05) is 12.1 Å². The average molecular weight is 299 g/mol. The number of ketones is 1.